The van der Waals surface area contributed by atoms with Crippen molar-refractivity contribution in [3.05, 3.63) is 68.4 Å². The number of sulfonamides is 1. The standard InChI is InChI=1S/C19H18Cl3N3O3S/c1-11-19(24-29(26,27)18-9-16(21)15(20)8-17(18)22)12(2)25(23-11)10-13-5-4-6-14(7-13)28-3/h4-9,24H,10H2,1-3H3. The molecule has 0 unspecified atom stereocenters. The van der Waals surface area contributed by atoms with Crippen molar-refractivity contribution in [1.29, 1.82) is 0 Å². The molecule has 0 bridgehead atoms. The zero-order valence-electron chi connectivity index (χ0n) is 15.8. The first kappa shape index (κ1) is 21.8. The zero-order chi connectivity index (χ0) is 21.3. The van der Waals surface area contributed by atoms with Gasteiger partial charge >= 0.3 is 0 Å². The van der Waals surface area contributed by atoms with Gasteiger partial charge in [0.25, 0.3) is 10.0 Å². The van der Waals surface area contributed by atoms with Gasteiger partial charge in [-0.15, -0.1) is 0 Å². The summed E-state index contributed by atoms with van der Waals surface area (Å²) in [5.41, 5.74) is 2.54. The monoisotopic (exact) mass is 473 g/mol. The first-order chi connectivity index (χ1) is 13.6. The van der Waals surface area contributed by atoms with Gasteiger partial charge in [0.15, 0.2) is 0 Å². The van der Waals surface area contributed by atoms with Crippen LogP contribution in [0.3, 0.4) is 0 Å². The summed E-state index contributed by atoms with van der Waals surface area (Å²) in [6.45, 7) is 3.97. The van der Waals surface area contributed by atoms with E-state index in [1.54, 1.807) is 25.6 Å². The lowest BCUT2D eigenvalue weighted by Gasteiger charge is -2.11. The number of ether oxygens (including phenoxy) is 1. The van der Waals surface area contributed by atoms with Crippen LogP contribution >= 0.6 is 34.8 Å². The molecule has 0 saturated carbocycles. The molecule has 10 heteroatoms. The maximum Gasteiger partial charge on any atom is 0.263 e. The van der Waals surface area contributed by atoms with E-state index in [2.05, 4.69) is 9.82 Å². The summed E-state index contributed by atoms with van der Waals surface area (Å²) in [4.78, 5) is -0.159. The Bertz CT molecular complexity index is 1180. The Hall–Kier alpha value is -1.93. The lowest BCUT2D eigenvalue weighted by molar-refractivity contribution is 0.414. The Morgan fingerprint density at radius 1 is 1.07 bits per heavy atom. The van der Waals surface area contributed by atoms with E-state index in [0.717, 1.165) is 11.3 Å². The van der Waals surface area contributed by atoms with Crippen LogP contribution in [-0.4, -0.2) is 25.3 Å². The molecule has 0 aliphatic rings. The van der Waals surface area contributed by atoms with Crippen LogP contribution in [0.4, 0.5) is 5.69 Å². The highest BCUT2D eigenvalue weighted by molar-refractivity contribution is 7.92. The van der Waals surface area contributed by atoms with Crippen molar-refractivity contribution in [2.75, 3.05) is 11.8 Å². The highest BCUT2D eigenvalue weighted by atomic mass is 35.5. The molecule has 0 fully saturated rings. The summed E-state index contributed by atoms with van der Waals surface area (Å²) in [5.74, 6) is 0.735. The minimum atomic E-state index is -4.00. The van der Waals surface area contributed by atoms with E-state index in [9.17, 15) is 8.42 Å². The summed E-state index contributed by atoms with van der Waals surface area (Å²) < 4.78 is 35.3. The Balaban J connectivity index is 1.93. The lowest BCUT2D eigenvalue weighted by Crippen LogP contribution is -2.15. The van der Waals surface area contributed by atoms with E-state index in [4.69, 9.17) is 39.5 Å². The molecule has 0 spiro atoms. The first-order valence-electron chi connectivity index (χ1n) is 8.46. The molecular formula is C19H18Cl3N3O3S. The molecule has 0 radical (unpaired) electrons. The lowest BCUT2D eigenvalue weighted by atomic mass is 10.2. The van der Waals surface area contributed by atoms with Gasteiger partial charge in [-0.2, -0.15) is 5.10 Å². The van der Waals surface area contributed by atoms with Gasteiger partial charge in [-0.05, 0) is 43.7 Å². The summed E-state index contributed by atoms with van der Waals surface area (Å²) >= 11 is 17.9. The van der Waals surface area contributed by atoms with Gasteiger partial charge in [0, 0.05) is 0 Å². The van der Waals surface area contributed by atoms with Crippen LogP contribution in [0.25, 0.3) is 0 Å². The minimum Gasteiger partial charge on any atom is -0.497 e. The Morgan fingerprint density at radius 2 is 1.76 bits per heavy atom. The SMILES string of the molecule is COc1cccc(Cn2nc(C)c(NS(=O)(=O)c3cc(Cl)c(Cl)cc3Cl)c2C)c1. The molecule has 154 valence electrons. The molecule has 0 aliphatic carbocycles. The van der Waals surface area contributed by atoms with Gasteiger partial charge in [-0.1, -0.05) is 46.9 Å². The van der Waals surface area contributed by atoms with E-state index < -0.39 is 10.0 Å². The van der Waals surface area contributed by atoms with Crippen LogP contribution in [0.1, 0.15) is 17.0 Å². The number of halogens is 3. The Kier molecular flexibility index (Phi) is 6.33. The van der Waals surface area contributed by atoms with Crippen molar-refractivity contribution in [3.8, 4) is 5.75 Å². The number of nitrogens with zero attached hydrogens (tertiary/aromatic N) is 2. The molecule has 1 aromatic heterocycles. The largest absolute Gasteiger partial charge is 0.497 e. The second-order valence-corrected chi connectivity index (χ2v) is 9.23. The summed E-state index contributed by atoms with van der Waals surface area (Å²) in [6.07, 6.45) is 0. The van der Waals surface area contributed by atoms with E-state index >= 15 is 0 Å². The number of hydrogen-bond acceptors (Lipinski definition) is 4. The minimum absolute atomic E-state index is 0.0222. The van der Waals surface area contributed by atoms with Gasteiger partial charge < -0.3 is 4.74 Å². The topological polar surface area (TPSA) is 73.2 Å². The maximum atomic E-state index is 12.9. The summed E-state index contributed by atoms with van der Waals surface area (Å²) in [7, 11) is -2.40. The number of anilines is 1. The van der Waals surface area contributed by atoms with Crippen molar-refractivity contribution in [1.82, 2.24) is 9.78 Å². The predicted molar refractivity (Wildman–Crippen MR) is 116 cm³/mol. The van der Waals surface area contributed by atoms with Gasteiger partial charge in [0.05, 0.1) is 45.8 Å². The zero-order valence-corrected chi connectivity index (χ0v) is 18.9. The highest BCUT2D eigenvalue weighted by Gasteiger charge is 2.23. The highest BCUT2D eigenvalue weighted by Crippen LogP contribution is 2.33. The van der Waals surface area contributed by atoms with Crippen molar-refractivity contribution in [3.63, 3.8) is 0 Å². The van der Waals surface area contributed by atoms with Crippen LogP contribution in [-0.2, 0) is 16.6 Å². The molecule has 0 atom stereocenters. The Labute approximate surface area is 184 Å². The van der Waals surface area contributed by atoms with Crippen molar-refractivity contribution >= 4 is 50.5 Å². The number of aryl methyl sites for hydroxylation is 1. The third kappa shape index (κ3) is 4.64. The fraction of sp³-hybridized carbons (Fsp3) is 0.211. The van der Waals surface area contributed by atoms with Crippen LogP contribution in [0.2, 0.25) is 15.1 Å². The number of rotatable bonds is 6. The quantitative estimate of drug-likeness (QED) is 0.491. The average molecular weight is 475 g/mol. The molecular weight excluding hydrogens is 457 g/mol. The fourth-order valence-electron chi connectivity index (χ4n) is 2.84. The third-order valence-electron chi connectivity index (χ3n) is 4.35. The number of benzene rings is 2. The van der Waals surface area contributed by atoms with Crippen molar-refractivity contribution in [2.24, 2.45) is 0 Å². The van der Waals surface area contributed by atoms with Crippen LogP contribution in [0.15, 0.2) is 41.3 Å². The number of aromatic nitrogens is 2. The molecule has 6 nitrogen and oxygen atoms in total. The van der Waals surface area contributed by atoms with Gasteiger partial charge in [0.1, 0.15) is 10.6 Å². The summed E-state index contributed by atoms with van der Waals surface area (Å²) in [5, 5.41) is 4.71. The molecule has 3 aromatic rings. The second kappa shape index (κ2) is 8.44. The maximum absolute atomic E-state index is 12.9. The van der Waals surface area contributed by atoms with Crippen LogP contribution < -0.4 is 9.46 Å². The van der Waals surface area contributed by atoms with E-state index in [1.807, 2.05) is 24.3 Å². The molecule has 1 N–H and O–H groups in total. The molecule has 29 heavy (non-hydrogen) atoms. The van der Waals surface area contributed by atoms with Gasteiger partial charge in [0.2, 0.25) is 0 Å². The number of hydrogen-bond donors (Lipinski definition) is 1. The normalized spacial score (nSPS) is 11.5. The van der Waals surface area contributed by atoms with Crippen molar-refractivity contribution in [2.45, 2.75) is 25.3 Å². The van der Waals surface area contributed by atoms with E-state index in [0.29, 0.717) is 23.6 Å². The molecule has 1 heterocycles. The Morgan fingerprint density at radius 3 is 2.45 bits per heavy atom. The molecule has 3 rings (SSSR count). The molecule has 0 aliphatic heterocycles. The molecule has 0 saturated heterocycles. The number of methoxy groups -OCH3 is 1. The smallest absolute Gasteiger partial charge is 0.263 e. The third-order valence-corrected chi connectivity index (χ3v) is 6.89. The molecule has 2 aromatic carbocycles. The van der Waals surface area contributed by atoms with Crippen LogP contribution in [0.5, 0.6) is 5.75 Å². The fourth-order valence-corrected chi connectivity index (χ4v) is 5.02. The first-order valence-corrected chi connectivity index (χ1v) is 11.1. The predicted octanol–water partition coefficient (Wildman–Crippen LogP) is 5.32. The number of nitrogens with one attached hydrogen (secondary N) is 1. The second-order valence-electron chi connectivity index (χ2n) is 6.36. The van der Waals surface area contributed by atoms with E-state index in [-0.39, 0.29) is 20.0 Å². The van der Waals surface area contributed by atoms with Gasteiger partial charge in [-0.3, -0.25) is 9.40 Å². The van der Waals surface area contributed by atoms with Crippen LogP contribution in [0, 0.1) is 13.8 Å². The van der Waals surface area contributed by atoms with E-state index in [1.165, 1.54) is 12.1 Å². The molecule has 0 amide bonds. The van der Waals surface area contributed by atoms with Crippen molar-refractivity contribution < 1.29 is 13.2 Å². The summed E-state index contributed by atoms with van der Waals surface area (Å²) in [6, 6.07) is 10.1. The average Bonchev–Trinajstić information content (AvgIpc) is 2.91. The van der Waals surface area contributed by atoms with Gasteiger partial charge in [-0.25, -0.2) is 8.42 Å².